The molecule has 2 N–H and O–H groups in total. The fourth-order valence-corrected chi connectivity index (χ4v) is 1.19. The zero-order valence-electron chi connectivity index (χ0n) is 7.38. The summed E-state index contributed by atoms with van der Waals surface area (Å²) in [4.78, 5) is 3.91. The first-order valence-corrected chi connectivity index (χ1v) is 4.09. The van der Waals surface area contributed by atoms with Crippen LogP contribution in [0.1, 0.15) is 5.56 Å². The highest BCUT2D eigenvalue weighted by Crippen LogP contribution is 2.10. The van der Waals surface area contributed by atoms with Crippen molar-refractivity contribution in [2.45, 2.75) is 0 Å². The van der Waals surface area contributed by atoms with E-state index in [1.54, 1.807) is 29.2 Å². The summed E-state index contributed by atoms with van der Waals surface area (Å²) in [7, 11) is 0. The summed E-state index contributed by atoms with van der Waals surface area (Å²) in [5.41, 5.74) is 7.07. The van der Waals surface area contributed by atoms with Gasteiger partial charge in [-0.3, -0.25) is 0 Å². The van der Waals surface area contributed by atoms with Crippen LogP contribution in [0.15, 0.2) is 36.8 Å². The molecule has 1 aromatic carbocycles. The van der Waals surface area contributed by atoms with Crippen molar-refractivity contribution in [2.24, 2.45) is 0 Å². The number of nitrogens with zero attached hydrogens (tertiary/aromatic N) is 3. The number of aromatic nitrogens is 2. The molecule has 1 aromatic heterocycles. The quantitative estimate of drug-likeness (QED) is 0.726. The molecule has 0 fully saturated rings. The van der Waals surface area contributed by atoms with E-state index in [-0.39, 0.29) is 0 Å². The third kappa shape index (κ3) is 1.43. The maximum Gasteiger partial charge on any atom is 0.141 e. The Bertz CT molecular complexity index is 476. The number of nitrogens with two attached hydrogens (primary N) is 1. The van der Waals surface area contributed by atoms with Crippen molar-refractivity contribution in [3.05, 3.63) is 42.4 Å². The normalized spacial score (nSPS) is 9.64. The van der Waals surface area contributed by atoms with Gasteiger partial charge in [0.1, 0.15) is 12.1 Å². The van der Waals surface area contributed by atoms with E-state index in [9.17, 15) is 0 Å². The first-order valence-electron chi connectivity index (χ1n) is 4.09. The largest absolute Gasteiger partial charge is 0.382 e. The van der Waals surface area contributed by atoms with Gasteiger partial charge in [-0.05, 0) is 24.3 Å². The third-order valence-corrected chi connectivity index (χ3v) is 1.90. The Hall–Kier alpha value is -2.28. The molecular weight excluding hydrogens is 176 g/mol. The molecule has 0 aliphatic carbocycles. The molecule has 4 nitrogen and oxygen atoms in total. The Labute approximate surface area is 81.2 Å². The zero-order valence-corrected chi connectivity index (χ0v) is 7.38. The number of nitriles is 1. The molecule has 68 valence electrons. The molecule has 0 aliphatic rings. The van der Waals surface area contributed by atoms with Gasteiger partial charge in [-0.2, -0.15) is 5.26 Å². The van der Waals surface area contributed by atoms with Crippen molar-refractivity contribution >= 4 is 5.82 Å². The molecule has 1 heterocycles. The summed E-state index contributed by atoms with van der Waals surface area (Å²) in [6.07, 6.45) is 3.36. The highest BCUT2D eigenvalue weighted by atomic mass is 15.1. The summed E-state index contributed by atoms with van der Waals surface area (Å²) in [5, 5.41) is 8.61. The van der Waals surface area contributed by atoms with Crippen LogP contribution in [0.5, 0.6) is 0 Å². The number of benzene rings is 1. The summed E-state index contributed by atoms with van der Waals surface area (Å²) in [5.74, 6) is 0.481. The molecule has 0 bridgehead atoms. The second kappa shape index (κ2) is 3.23. The molecule has 0 unspecified atom stereocenters. The Balaban J connectivity index is 2.39. The minimum atomic E-state index is 0.481. The number of nitrogen functional groups attached to an aromatic ring is 1. The van der Waals surface area contributed by atoms with Crippen LogP contribution in [0.4, 0.5) is 5.82 Å². The first kappa shape index (κ1) is 8.32. The van der Waals surface area contributed by atoms with Crippen LogP contribution in [0.3, 0.4) is 0 Å². The smallest absolute Gasteiger partial charge is 0.141 e. The molecule has 0 saturated heterocycles. The minimum absolute atomic E-state index is 0.481. The summed E-state index contributed by atoms with van der Waals surface area (Å²) >= 11 is 0. The van der Waals surface area contributed by atoms with Gasteiger partial charge in [0.25, 0.3) is 0 Å². The number of hydrogen-bond donors (Lipinski definition) is 1. The van der Waals surface area contributed by atoms with Gasteiger partial charge < -0.3 is 10.3 Å². The van der Waals surface area contributed by atoms with Crippen LogP contribution in [-0.4, -0.2) is 9.55 Å². The molecule has 0 saturated carbocycles. The lowest BCUT2D eigenvalue weighted by molar-refractivity contribution is 1.06. The van der Waals surface area contributed by atoms with Crippen molar-refractivity contribution in [3.8, 4) is 11.8 Å². The highest BCUT2D eigenvalue weighted by Gasteiger charge is 1.97. The van der Waals surface area contributed by atoms with Gasteiger partial charge in [0.15, 0.2) is 0 Å². The lowest BCUT2D eigenvalue weighted by Crippen LogP contribution is -1.89. The topological polar surface area (TPSA) is 67.6 Å². The van der Waals surface area contributed by atoms with Crippen LogP contribution in [0.25, 0.3) is 5.69 Å². The summed E-state index contributed by atoms with van der Waals surface area (Å²) < 4.78 is 1.80. The van der Waals surface area contributed by atoms with Gasteiger partial charge >= 0.3 is 0 Å². The predicted octanol–water partition coefficient (Wildman–Crippen LogP) is 1.33. The van der Waals surface area contributed by atoms with Gasteiger partial charge in [0, 0.05) is 5.69 Å². The average molecular weight is 184 g/mol. The van der Waals surface area contributed by atoms with Gasteiger partial charge in [0.05, 0.1) is 17.8 Å². The molecule has 2 rings (SSSR count). The van der Waals surface area contributed by atoms with E-state index in [4.69, 9.17) is 11.0 Å². The fourth-order valence-electron chi connectivity index (χ4n) is 1.19. The first-order chi connectivity index (χ1) is 6.79. The second-order valence-corrected chi connectivity index (χ2v) is 2.86. The number of rotatable bonds is 1. The van der Waals surface area contributed by atoms with Crippen LogP contribution in [0.2, 0.25) is 0 Å². The fraction of sp³-hybridized carbons (Fsp3) is 0. The lowest BCUT2D eigenvalue weighted by atomic mass is 10.2. The monoisotopic (exact) mass is 184 g/mol. The van der Waals surface area contributed by atoms with Crippen LogP contribution < -0.4 is 5.73 Å². The summed E-state index contributed by atoms with van der Waals surface area (Å²) in [6, 6.07) is 9.27. The van der Waals surface area contributed by atoms with Gasteiger partial charge in [0.2, 0.25) is 0 Å². The molecule has 2 aromatic rings. The van der Waals surface area contributed by atoms with Crippen molar-refractivity contribution in [2.75, 3.05) is 5.73 Å². The van der Waals surface area contributed by atoms with Crippen molar-refractivity contribution in [3.63, 3.8) is 0 Å². The Kier molecular flexibility index (Phi) is 1.92. The molecule has 0 aliphatic heterocycles. The van der Waals surface area contributed by atoms with E-state index in [1.165, 1.54) is 0 Å². The number of anilines is 1. The minimum Gasteiger partial charge on any atom is -0.382 e. The molecule has 0 amide bonds. The van der Waals surface area contributed by atoms with E-state index in [1.807, 2.05) is 12.1 Å². The predicted molar refractivity (Wildman–Crippen MR) is 52.7 cm³/mol. The van der Waals surface area contributed by atoms with E-state index >= 15 is 0 Å². The van der Waals surface area contributed by atoms with Crippen LogP contribution in [-0.2, 0) is 0 Å². The molecular formula is C10H8N4. The maximum atomic E-state index is 8.61. The van der Waals surface area contributed by atoms with Crippen molar-refractivity contribution in [1.29, 1.82) is 5.26 Å². The van der Waals surface area contributed by atoms with Crippen LogP contribution >= 0.6 is 0 Å². The van der Waals surface area contributed by atoms with Crippen molar-refractivity contribution < 1.29 is 0 Å². The standard InChI is InChI=1S/C10H8N4/c11-5-8-1-3-9(4-2-8)14-6-10(12)13-7-14/h1-4,6-7H,12H2. The zero-order chi connectivity index (χ0) is 9.97. The Morgan fingerprint density at radius 1 is 1.29 bits per heavy atom. The molecule has 14 heavy (non-hydrogen) atoms. The van der Waals surface area contributed by atoms with Crippen molar-refractivity contribution in [1.82, 2.24) is 9.55 Å². The van der Waals surface area contributed by atoms with E-state index in [0.717, 1.165) is 5.69 Å². The van der Waals surface area contributed by atoms with E-state index < -0.39 is 0 Å². The highest BCUT2D eigenvalue weighted by molar-refractivity contribution is 5.41. The van der Waals surface area contributed by atoms with Gasteiger partial charge in [-0.1, -0.05) is 0 Å². The summed E-state index contributed by atoms with van der Waals surface area (Å²) in [6.45, 7) is 0. The molecule has 4 heteroatoms. The van der Waals surface area contributed by atoms with Crippen LogP contribution in [0, 0.1) is 11.3 Å². The average Bonchev–Trinajstić information content (AvgIpc) is 2.65. The SMILES string of the molecule is N#Cc1ccc(-n2cnc(N)c2)cc1. The Morgan fingerprint density at radius 3 is 2.50 bits per heavy atom. The maximum absolute atomic E-state index is 8.61. The Morgan fingerprint density at radius 2 is 2.00 bits per heavy atom. The third-order valence-electron chi connectivity index (χ3n) is 1.90. The number of imidazole rings is 1. The second-order valence-electron chi connectivity index (χ2n) is 2.86. The van der Waals surface area contributed by atoms with Gasteiger partial charge in [-0.25, -0.2) is 4.98 Å². The van der Waals surface area contributed by atoms with E-state index in [0.29, 0.717) is 11.4 Å². The molecule has 0 spiro atoms. The molecule has 0 atom stereocenters. The van der Waals surface area contributed by atoms with E-state index in [2.05, 4.69) is 11.1 Å². The lowest BCUT2D eigenvalue weighted by Gasteiger charge is -2.00. The number of hydrogen-bond acceptors (Lipinski definition) is 3. The molecule has 0 radical (unpaired) electrons. The van der Waals surface area contributed by atoms with Gasteiger partial charge in [-0.15, -0.1) is 0 Å².